The molecule has 2 aromatic rings. The first kappa shape index (κ1) is 12.3. The van der Waals surface area contributed by atoms with Crippen LogP contribution in [0.15, 0.2) is 45.0 Å². The molecule has 5 heteroatoms. The number of nitrogens with zero attached hydrogens (tertiary/aromatic N) is 2. The average Bonchev–Trinajstić information content (AvgIpc) is 2.29. The van der Waals surface area contributed by atoms with Gasteiger partial charge in [-0.25, -0.2) is 9.97 Å². The zero-order valence-corrected chi connectivity index (χ0v) is 11.5. The van der Waals surface area contributed by atoms with Gasteiger partial charge in [0.25, 0.3) is 0 Å². The summed E-state index contributed by atoms with van der Waals surface area (Å²) in [4.78, 5) is 20.2. The smallest absolute Gasteiger partial charge is 0.192 e. The first-order chi connectivity index (χ1) is 8.19. The van der Waals surface area contributed by atoms with Gasteiger partial charge in [0.05, 0.1) is 0 Å². The van der Waals surface area contributed by atoms with Crippen LogP contribution in [0.4, 0.5) is 0 Å². The van der Waals surface area contributed by atoms with Crippen molar-refractivity contribution in [2.24, 2.45) is 0 Å². The van der Waals surface area contributed by atoms with Gasteiger partial charge in [-0.15, -0.1) is 0 Å². The fourth-order valence-corrected chi connectivity index (χ4v) is 2.70. The van der Waals surface area contributed by atoms with Crippen LogP contribution in [-0.4, -0.2) is 16.3 Å². The van der Waals surface area contributed by atoms with E-state index in [0.29, 0.717) is 10.7 Å². The molecule has 0 aliphatic carbocycles. The lowest BCUT2D eigenvalue weighted by molar-refractivity contribution is 0.112. The van der Waals surface area contributed by atoms with E-state index in [0.717, 1.165) is 21.3 Å². The SMILES string of the molecule is Cc1ccnc(Sc2cc(Br)ccc2C=O)n1. The first-order valence-electron chi connectivity index (χ1n) is 4.91. The van der Waals surface area contributed by atoms with Gasteiger partial charge >= 0.3 is 0 Å². The number of aryl methyl sites for hydroxylation is 1. The number of aldehydes is 1. The summed E-state index contributed by atoms with van der Waals surface area (Å²) in [6, 6.07) is 7.34. The Kier molecular flexibility index (Phi) is 3.91. The van der Waals surface area contributed by atoms with Crippen molar-refractivity contribution in [2.45, 2.75) is 17.0 Å². The minimum atomic E-state index is 0.642. The lowest BCUT2D eigenvalue weighted by Gasteiger charge is -2.04. The molecule has 0 radical (unpaired) electrons. The number of rotatable bonds is 3. The Morgan fingerprint density at radius 3 is 2.88 bits per heavy atom. The van der Waals surface area contributed by atoms with Gasteiger partial charge in [-0.3, -0.25) is 4.79 Å². The molecule has 1 aromatic carbocycles. The molecule has 1 heterocycles. The third-order valence-corrected chi connectivity index (χ3v) is 3.52. The Balaban J connectivity index is 2.35. The van der Waals surface area contributed by atoms with Crippen molar-refractivity contribution in [1.82, 2.24) is 9.97 Å². The molecule has 3 nitrogen and oxygen atoms in total. The molecule has 86 valence electrons. The van der Waals surface area contributed by atoms with Crippen LogP contribution in [-0.2, 0) is 0 Å². The second kappa shape index (κ2) is 5.42. The molecule has 0 atom stereocenters. The highest BCUT2D eigenvalue weighted by molar-refractivity contribution is 9.10. The van der Waals surface area contributed by atoms with Crippen molar-refractivity contribution in [2.75, 3.05) is 0 Å². The van der Waals surface area contributed by atoms with Gasteiger partial charge in [0, 0.05) is 26.8 Å². The third kappa shape index (κ3) is 3.14. The molecule has 0 aliphatic heterocycles. The van der Waals surface area contributed by atoms with Crippen molar-refractivity contribution in [3.8, 4) is 0 Å². The second-order valence-electron chi connectivity index (χ2n) is 3.38. The van der Waals surface area contributed by atoms with E-state index in [-0.39, 0.29) is 0 Å². The molecule has 0 saturated heterocycles. The summed E-state index contributed by atoms with van der Waals surface area (Å²) < 4.78 is 0.929. The second-order valence-corrected chi connectivity index (χ2v) is 5.31. The van der Waals surface area contributed by atoms with Crippen molar-refractivity contribution in [3.63, 3.8) is 0 Å². The Bertz CT molecular complexity index is 560. The zero-order valence-electron chi connectivity index (χ0n) is 9.05. The van der Waals surface area contributed by atoms with E-state index in [4.69, 9.17) is 0 Å². The molecule has 1 aromatic heterocycles. The van der Waals surface area contributed by atoms with E-state index >= 15 is 0 Å². The van der Waals surface area contributed by atoms with Gasteiger partial charge < -0.3 is 0 Å². The van der Waals surface area contributed by atoms with Gasteiger partial charge in [0.2, 0.25) is 0 Å². The summed E-state index contributed by atoms with van der Waals surface area (Å²) in [5.74, 6) is 0. The van der Waals surface area contributed by atoms with Gasteiger partial charge in [0.1, 0.15) is 0 Å². The minimum absolute atomic E-state index is 0.642. The number of aromatic nitrogens is 2. The number of benzene rings is 1. The highest BCUT2D eigenvalue weighted by atomic mass is 79.9. The molecular weight excluding hydrogens is 300 g/mol. The van der Waals surface area contributed by atoms with Crippen LogP contribution in [0, 0.1) is 6.92 Å². The monoisotopic (exact) mass is 308 g/mol. The minimum Gasteiger partial charge on any atom is -0.298 e. The quantitative estimate of drug-likeness (QED) is 0.643. The first-order valence-corrected chi connectivity index (χ1v) is 6.52. The van der Waals surface area contributed by atoms with Crippen molar-refractivity contribution in [3.05, 3.63) is 46.2 Å². The van der Waals surface area contributed by atoms with Gasteiger partial charge in [-0.05, 0) is 43.0 Å². The summed E-state index contributed by atoms with van der Waals surface area (Å²) >= 11 is 4.77. The summed E-state index contributed by atoms with van der Waals surface area (Å²) in [7, 11) is 0. The Labute approximate surface area is 112 Å². The number of hydrogen-bond acceptors (Lipinski definition) is 4. The predicted octanol–water partition coefficient (Wildman–Crippen LogP) is 3.51. The molecule has 0 N–H and O–H groups in total. The van der Waals surface area contributed by atoms with E-state index < -0.39 is 0 Å². The van der Waals surface area contributed by atoms with Gasteiger partial charge in [-0.1, -0.05) is 15.9 Å². The number of carbonyl (C=O) groups excluding carboxylic acids is 1. The topological polar surface area (TPSA) is 42.9 Å². The Morgan fingerprint density at radius 2 is 2.18 bits per heavy atom. The summed E-state index contributed by atoms with van der Waals surface area (Å²) in [6.45, 7) is 1.91. The number of carbonyl (C=O) groups is 1. The number of hydrogen-bond donors (Lipinski definition) is 0. The maximum atomic E-state index is 10.9. The van der Waals surface area contributed by atoms with Crippen LogP contribution in [0.1, 0.15) is 16.1 Å². The standard InChI is InChI=1S/C12H9BrN2OS/c1-8-4-5-14-12(15-8)17-11-6-10(13)3-2-9(11)7-16/h2-7H,1H3. The van der Waals surface area contributed by atoms with Crippen molar-refractivity contribution in [1.29, 1.82) is 0 Å². The fourth-order valence-electron chi connectivity index (χ4n) is 1.27. The van der Waals surface area contributed by atoms with Crippen LogP contribution in [0.5, 0.6) is 0 Å². The van der Waals surface area contributed by atoms with E-state index in [9.17, 15) is 4.79 Å². The molecule has 2 rings (SSSR count). The molecule has 0 spiro atoms. The van der Waals surface area contributed by atoms with Crippen molar-refractivity contribution >= 4 is 34.0 Å². The van der Waals surface area contributed by atoms with E-state index in [2.05, 4.69) is 25.9 Å². The molecule has 0 aliphatic rings. The molecule has 0 saturated carbocycles. The van der Waals surface area contributed by atoms with Crippen LogP contribution >= 0.6 is 27.7 Å². The normalized spacial score (nSPS) is 10.2. The van der Waals surface area contributed by atoms with E-state index in [1.54, 1.807) is 12.3 Å². The zero-order chi connectivity index (χ0) is 12.3. The Morgan fingerprint density at radius 1 is 1.35 bits per heavy atom. The maximum Gasteiger partial charge on any atom is 0.192 e. The summed E-state index contributed by atoms with van der Waals surface area (Å²) in [5.41, 5.74) is 1.55. The van der Waals surface area contributed by atoms with Crippen LogP contribution in [0.2, 0.25) is 0 Å². The van der Waals surface area contributed by atoms with E-state index in [1.807, 2.05) is 25.1 Å². The average molecular weight is 309 g/mol. The summed E-state index contributed by atoms with van der Waals surface area (Å²) in [5, 5.41) is 0.645. The lowest BCUT2D eigenvalue weighted by Crippen LogP contribution is -1.90. The fraction of sp³-hybridized carbons (Fsp3) is 0.0833. The third-order valence-electron chi connectivity index (χ3n) is 2.08. The van der Waals surface area contributed by atoms with E-state index in [1.165, 1.54) is 11.8 Å². The largest absolute Gasteiger partial charge is 0.298 e. The van der Waals surface area contributed by atoms with Gasteiger partial charge in [0.15, 0.2) is 11.4 Å². The molecule has 0 amide bonds. The van der Waals surface area contributed by atoms with Crippen molar-refractivity contribution < 1.29 is 4.79 Å². The lowest BCUT2D eigenvalue weighted by atomic mass is 10.2. The van der Waals surface area contributed by atoms with Gasteiger partial charge in [-0.2, -0.15) is 0 Å². The maximum absolute atomic E-state index is 10.9. The molecule has 0 unspecified atom stereocenters. The molecule has 17 heavy (non-hydrogen) atoms. The Hall–Kier alpha value is -1.20. The van der Waals surface area contributed by atoms with Crippen LogP contribution < -0.4 is 0 Å². The number of halogens is 1. The molecular formula is C12H9BrN2OS. The molecule has 0 fully saturated rings. The van der Waals surface area contributed by atoms with Crippen LogP contribution in [0.25, 0.3) is 0 Å². The highest BCUT2D eigenvalue weighted by Crippen LogP contribution is 2.29. The predicted molar refractivity (Wildman–Crippen MR) is 70.4 cm³/mol. The van der Waals surface area contributed by atoms with Crippen LogP contribution in [0.3, 0.4) is 0 Å². The highest BCUT2D eigenvalue weighted by Gasteiger charge is 2.06. The molecule has 0 bridgehead atoms. The summed E-state index contributed by atoms with van der Waals surface area (Å²) in [6.07, 6.45) is 2.55.